The van der Waals surface area contributed by atoms with Crippen molar-refractivity contribution in [1.82, 2.24) is 4.57 Å². The van der Waals surface area contributed by atoms with Crippen molar-refractivity contribution in [3.63, 3.8) is 0 Å². The summed E-state index contributed by atoms with van der Waals surface area (Å²) in [5, 5.41) is 1.07. The lowest BCUT2D eigenvalue weighted by molar-refractivity contribution is 0.617. The number of anilines is 1. The summed E-state index contributed by atoms with van der Waals surface area (Å²) in [7, 11) is 0. The van der Waals surface area contributed by atoms with Crippen molar-refractivity contribution in [3.05, 3.63) is 75.3 Å². The van der Waals surface area contributed by atoms with Gasteiger partial charge >= 0.3 is 0 Å². The number of aromatic nitrogens is 1. The summed E-state index contributed by atoms with van der Waals surface area (Å²) in [4.78, 5) is 12.2. The van der Waals surface area contributed by atoms with Crippen LogP contribution < -0.4 is 10.3 Å². The molecule has 3 aromatic rings. The second-order valence-electron chi connectivity index (χ2n) is 6.52. The third-order valence-electron chi connectivity index (χ3n) is 4.43. The largest absolute Gasteiger partial charge is 0.329 e. The van der Waals surface area contributed by atoms with E-state index in [-0.39, 0.29) is 11.4 Å². The summed E-state index contributed by atoms with van der Waals surface area (Å²) >= 11 is 1.52. The third-order valence-corrected chi connectivity index (χ3v) is 5.29. The second-order valence-corrected chi connectivity index (χ2v) is 7.30. The van der Waals surface area contributed by atoms with E-state index in [4.69, 9.17) is 0 Å². The average molecular weight is 370 g/mol. The first kappa shape index (κ1) is 18.5. The Labute approximate surface area is 157 Å². The van der Waals surface area contributed by atoms with E-state index in [9.17, 15) is 9.18 Å². The number of aryl methyl sites for hydroxylation is 3. The Morgan fingerprint density at radius 3 is 2.62 bits per heavy atom. The maximum Gasteiger partial charge on any atom is 0.251 e. The number of nitrogens with zero attached hydrogens (tertiary/aromatic N) is 1. The van der Waals surface area contributed by atoms with Crippen LogP contribution in [0, 0.1) is 19.7 Å². The van der Waals surface area contributed by atoms with Crippen molar-refractivity contribution in [3.8, 4) is 0 Å². The van der Waals surface area contributed by atoms with Crippen LogP contribution in [0.1, 0.15) is 30.0 Å². The van der Waals surface area contributed by atoms with Gasteiger partial charge in [-0.05, 0) is 73.2 Å². The van der Waals surface area contributed by atoms with Gasteiger partial charge in [-0.15, -0.1) is 0 Å². The first-order valence-corrected chi connectivity index (χ1v) is 9.75. The fourth-order valence-electron chi connectivity index (χ4n) is 2.99. The van der Waals surface area contributed by atoms with E-state index >= 15 is 0 Å². The van der Waals surface area contributed by atoms with Crippen molar-refractivity contribution >= 4 is 28.5 Å². The quantitative estimate of drug-likeness (QED) is 0.588. The molecule has 0 aliphatic rings. The molecule has 0 spiro atoms. The van der Waals surface area contributed by atoms with Gasteiger partial charge in [-0.25, -0.2) is 4.39 Å². The molecular weight excluding hydrogens is 347 g/mol. The molecule has 1 aromatic heterocycles. The fourth-order valence-corrected chi connectivity index (χ4v) is 3.71. The molecule has 2 aromatic carbocycles. The topological polar surface area (TPSA) is 34.0 Å². The van der Waals surface area contributed by atoms with Crippen molar-refractivity contribution in [2.24, 2.45) is 0 Å². The van der Waals surface area contributed by atoms with Gasteiger partial charge in [-0.3, -0.25) is 4.79 Å². The molecule has 3 rings (SSSR count). The van der Waals surface area contributed by atoms with E-state index in [0.29, 0.717) is 11.3 Å². The molecule has 0 aliphatic carbocycles. The second kappa shape index (κ2) is 7.96. The maximum atomic E-state index is 13.6. The molecule has 1 N–H and O–H groups in total. The Hall–Kier alpha value is -2.27. The highest BCUT2D eigenvalue weighted by atomic mass is 32.2. The Morgan fingerprint density at radius 1 is 1.08 bits per heavy atom. The highest BCUT2D eigenvalue weighted by Crippen LogP contribution is 2.24. The van der Waals surface area contributed by atoms with E-state index < -0.39 is 0 Å². The molecule has 5 heteroatoms. The smallest absolute Gasteiger partial charge is 0.251 e. The number of hydrogen-bond acceptors (Lipinski definition) is 3. The molecular formula is C21H23FN2OS. The predicted molar refractivity (Wildman–Crippen MR) is 109 cm³/mol. The predicted octanol–water partition coefficient (Wildman–Crippen LogP) is 5.43. The van der Waals surface area contributed by atoms with Crippen molar-refractivity contribution in [1.29, 1.82) is 0 Å². The summed E-state index contributed by atoms with van der Waals surface area (Å²) < 4.78 is 18.8. The Balaban J connectivity index is 1.78. The van der Waals surface area contributed by atoms with E-state index in [2.05, 4.69) is 17.7 Å². The van der Waals surface area contributed by atoms with Crippen molar-refractivity contribution < 1.29 is 4.39 Å². The van der Waals surface area contributed by atoms with Crippen LogP contribution in [0.25, 0.3) is 10.9 Å². The van der Waals surface area contributed by atoms with Crippen LogP contribution in [0.15, 0.2) is 47.3 Å². The van der Waals surface area contributed by atoms with E-state index in [1.807, 2.05) is 29.7 Å². The number of pyridine rings is 1. The molecule has 0 amide bonds. The van der Waals surface area contributed by atoms with Gasteiger partial charge < -0.3 is 9.29 Å². The van der Waals surface area contributed by atoms with E-state index in [1.165, 1.54) is 11.9 Å². The molecule has 1 heterocycles. The number of hydrogen-bond donors (Lipinski definition) is 1. The zero-order chi connectivity index (χ0) is 18.7. The van der Waals surface area contributed by atoms with Gasteiger partial charge in [-0.1, -0.05) is 19.1 Å². The highest BCUT2D eigenvalue weighted by Gasteiger charge is 2.07. The number of rotatable bonds is 6. The number of nitrogens with one attached hydrogen (secondary N) is 1. The fraction of sp³-hybridized carbons (Fsp3) is 0.286. The molecule has 136 valence electrons. The summed E-state index contributed by atoms with van der Waals surface area (Å²) in [5.74, 6) is 0.502. The van der Waals surface area contributed by atoms with Crippen molar-refractivity contribution in [2.75, 3.05) is 4.72 Å². The molecule has 26 heavy (non-hydrogen) atoms. The molecule has 0 atom stereocenters. The molecule has 0 saturated carbocycles. The van der Waals surface area contributed by atoms with Crippen molar-refractivity contribution in [2.45, 2.75) is 39.5 Å². The van der Waals surface area contributed by atoms with Gasteiger partial charge in [0.05, 0.1) is 5.52 Å². The van der Waals surface area contributed by atoms with Crippen LogP contribution in [-0.2, 0) is 12.3 Å². The van der Waals surface area contributed by atoms with Crippen LogP contribution >= 0.6 is 11.9 Å². The summed E-state index contributed by atoms with van der Waals surface area (Å²) in [5.41, 5.74) is 4.57. The number of halogens is 1. The first-order chi connectivity index (χ1) is 12.5. The summed E-state index contributed by atoms with van der Waals surface area (Å²) in [6, 6.07) is 13.1. The van der Waals surface area contributed by atoms with Gasteiger partial charge in [0.2, 0.25) is 0 Å². The molecule has 0 radical (unpaired) electrons. The van der Waals surface area contributed by atoms with E-state index in [0.717, 1.165) is 40.7 Å². The minimum absolute atomic E-state index is 0.0494. The van der Waals surface area contributed by atoms with Crippen LogP contribution in [0.2, 0.25) is 0 Å². The van der Waals surface area contributed by atoms with Gasteiger partial charge in [0, 0.05) is 29.4 Å². The lowest BCUT2D eigenvalue weighted by Gasteiger charge is -2.13. The number of benzene rings is 2. The lowest BCUT2D eigenvalue weighted by atomic mass is 10.1. The van der Waals surface area contributed by atoms with Gasteiger partial charge in [0.25, 0.3) is 5.56 Å². The molecule has 0 fully saturated rings. The summed E-state index contributed by atoms with van der Waals surface area (Å²) in [6.45, 7) is 6.51. The Kier molecular flexibility index (Phi) is 5.67. The van der Waals surface area contributed by atoms with Gasteiger partial charge in [0.1, 0.15) is 5.82 Å². The number of fused-ring (bicyclic) bond motifs is 1. The molecule has 0 bridgehead atoms. The Bertz CT molecular complexity index is 997. The molecule has 0 saturated heterocycles. The zero-order valence-corrected chi connectivity index (χ0v) is 16.1. The minimum Gasteiger partial charge on any atom is -0.329 e. The Morgan fingerprint density at radius 2 is 1.88 bits per heavy atom. The molecule has 0 aliphatic heterocycles. The zero-order valence-electron chi connectivity index (χ0n) is 15.3. The van der Waals surface area contributed by atoms with Crippen LogP contribution in [0.4, 0.5) is 10.1 Å². The lowest BCUT2D eigenvalue weighted by Crippen LogP contribution is -2.20. The third kappa shape index (κ3) is 3.93. The van der Waals surface area contributed by atoms with E-state index in [1.54, 1.807) is 25.1 Å². The standard InChI is InChI=1S/C21H23FN2OS/c1-4-9-24-20-8-7-17(12-18(20)15(3)10-21(24)25)23-26-13-16-6-5-14(2)19(22)11-16/h5-8,10-12,23H,4,9,13H2,1-3H3. The van der Waals surface area contributed by atoms with Crippen LogP contribution in [0.3, 0.4) is 0 Å². The summed E-state index contributed by atoms with van der Waals surface area (Å²) in [6.07, 6.45) is 0.918. The molecule has 0 unspecified atom stereocenters. The average Bonchev–Trinajstić information content (AvgIpc) is 2.62. The monoisotopic (exact) mass is 370 g/mol. The van der Waals surface area contributed by atoms with Crippen LogP contribution in [0.5, 0.6) is 0 Å². The highest BCUT2D eigenvalue weighted by molar-refractivity contribution is 7.99. The normalized spacial score (nSPS) is 11.1. The van der Waals surface area contributed by atoms with Gasteiger partial charge in [-0.2, -0.15) is 0 Å². The minimum atomic E-state index is -0.168. The molecule has 3 nitrogen and oxygen atoms in total. The maximum absolute atomic E-state index is 13.6. The first-order valence-electron chi connectivity index (χ1n) is 8.76. The van der Waals surface area contributed by atoms with Crippen LogP contribution in [-0.4, -0.2) is 4.57 Å². The SMILES string of the molecule is CCCn1c(=O)cc(C)c2cc(NSCc3ccc(C)c(F)c3)ccc21. The van der Waals surface area contributed by atoms with Gasteiger partial charge in [0.15, 0.2) is 0 Å².